The molecule has 1 N–H and O–H groups in total. The molecule has 118 valence electrons. The number of ether oxygens (including phenoxy) is 1. The molecule has 0 aromatic heterocycles. The molecule has 0 unspecified atom stereocenters. The molecule has 0 heterocycles. The minimum absolute atomic E-state index is 0.177. The van der Waals surface area contributed by atoms with Gasteiger partial charge in [0.05, 0.1) is 19.1 Å². The largest absolute Gasteiger partial charge is 0.493 e. The third-order valence-electron chi connectivity index (χ3n) is 3.19. The summed E-state index contributed by atoms with van der Waals surface area (Å²) in [5.41, 5.74) is 2.18. The molecule has 0 radical (unpaired) electrons. The Labute approximate surface area is 136 Å². The van der Waals surface area contributed by atoms with Gasteiger partial charge in [-0.2, -0.15) is 5.26 Å². The SMILES string of the molecule is CC(C)COc1ccc(NC(=O)c2ccc(CC#N)cc2)cc1. The van der Waals surface area contributed by atoms with E-state index < -0.39 is 0 Å². The number of carbonyl (C=O) groups excluding carboxylic acids is 1. The van der Waals surface area contributed by atoms with Gasteiger partial charge in [-0.15, -0.1) is 0 Å². The Kier molecular flexibility index (Phi) is 5.76. The maximum atomic E-state index is 12.2. The quantitative estimate of drug-likeness (QED) is 0.876. The zero-order valence-corrected chi connectivity index (χ0v) is 13.4. The predicted octanol–water partition coefficient (Wildman–Crippen LogP) is 4.04. The van der Waals surface area contributed by atoms with Gasteiger partial charge >= 0.3 is 0 Å². The molecule has 2 aromatic rings. The lowest BCUT2D eigenvalue weighted by molar-refractivity contribution is 0.102. The predicted molar refractivity (Wildman–Crippen MR) is 90.5 cm³/mol. The summed E-state index contributed by atoms with van der Waals surface area (Å²) in [6, 6.07) is 16.4. The summed E-state index contributed by atoms with van der Waals surface area (Å²) in [6.45, 7) is 4.85. The molecule has 23 heavy (non-hydrogen) atoms. The fourth-order valence-corrected chi connectivity index (χ4v) is 1.97. The van der Waals surface area contributed by atoms with E-state index in [1.165, 1.54) is 0 Å². The fraction of sp³-hybridized carbons (Fsp3) is 0.263. The summed E-state index contributed by atoms with van der Waals surface area (Å²) in [6.07, 6.45) is 0.347. The highest BCUT2D eigenvalue weighted by Crippen LogP contribution is 2.17. The number of amides is 1. The number of hydrogen-bond donors (Lipinski definition) is 1. The highest BCUT2D eigenvalue weighted by Gasteiger charge is 2.06. The molecule has 0 aliphatic rings. The summed E-state index contributed by atoms with van der Waals surface area (Å²) >= 11 is 0. The average molecular weight is 308 g/mol. The lowest BCUT2D eigenvalue weighted by Gasteiger charge is -2.10. The number of rotatable bonds is 6. The highest BCUT2D eigenvalue weighted by molar-refractivity contribution is 6.04. The molecule has 0 spiro atoms. The molecule has 0 saturated heterocycles. The molecule has 0 fully saturated rings. The van der Waals surface area contributed by atoms with E-state index in [0.717, 1.165) is 11.3 Å². The van der Waals surface area contributed by atoms with Crippen LogP contribution in [0.5, 0.6) is 5.75 Å². The van der Waals surface area contributed by atoms with Crippen LogP contribution in [0.4, 0.5) is 5.69 Å². The van der Waals surface area contributed by atoms with Gasteiger partial charge in [-0.05, 0) is 47.9 Å². The second kappa shape index (κ2) is 8.00. The monoisotopic (exact) mass is 308 g/mol. The van der Waals surface area contributed by atoms with Crippen LogP contribution >= 0.6 is 0 Å². The minimum atomic E-state index is -0.177. The Morgan fingerprint density at radius 2 is 1.78 bits per heavy atom. The van der Waals surface area contributed by atoms with Crippen LogP contribution in [0.15, 0.2) is 48.5 Å². The van der Waals surface area contributed by atoms with Gasteiger partial charge in [0, 0.05) is 11.3 Å². The molecular formula is C19H20N2O2. The Morgan fingerprint density at radius 3 is 2.35 bits per heavy atom. The lowest BCUT2D eigenvalue weighted by atomic mass is 10.1. The number of benzene rings is 2. The smallest absolute Gasteiger partial charge is 0.255 e. The van der Waals surface area contributed by atoms with Crippen LogP contribution in [0.1, 0.15) is 29.8 Å². The van der Waals surface area contributed by atoms with Crippen molar-refractivity contribution < 1.29 is 9.53 Å². The molecule has 0 aliphatic heterocycles. The Hall–Kier alpha value is -2.80. The first-order valence-electron chi connectivity index (χ1n) is 7.58. The van der Waals surface area contributed by atoms with Gasteiger partial charge < -0.3 is 10.1 Å². The number of anilines is 1. The van der Waals surface area contributed by atoms with Crippen LogP contribution in [0.3, 0.4) is 0 Å². The molecule has 2 aromatic carbocycles. The normalized spacial score (nSPS) is 10.2. The summed E-state index contributed by atoms with van der Waals surface area (Å²) < 4.78 is 5.61. The van der Waals surface area contributed by atoms with Gasteiger partial charge in [0.1, 0.15) is 5.75 Å². The number of nitrogens with one attached hydrogen (secondary N) is 1. The Bertz CT molecular complexity index is 683. The van der Waals surface area contributed by atoms with Crippen molar-refractivity contribution in [2.45, 2.75) is 20.3 Å². The van der Waals surface area contributed by atoms with Crippen molar-refractivity contribution in [3.63, 3.8) is 0 Å². The fourth-order valence-electron chi connectivity index (χ4n) is 1.97. The third kappa shape index (κ3) is 5.15. The molecule has 2 rings (SSSR count). The zero-order chi connectivity index (χ0) is 16.7. The van der Waals surface area contributed by atoms with Crippen molar-refractivity contribution in [3.05, 3.63) is 59.7 Å². The van der Waals surface area contributed by atoms with E-state index in [-0.39, 0.29) is 5.91 Å². The number of carbonyl (C=O) groups is 1. The van der Waals surface area contributed by atoms with Crippen molar-refractivity contribution in [2.24, 2.45) is 5.92 Å². The Morgan fingerprint density at radius 1 is 1.13 bits per heavy atom. The minimum Gasteiger partial charge on any atom is -0.493 e. The number of nitriles is 1. The van der Waals surface area contributed by atoms with Gasteiger partial charge in [0.15, 0.2) is 0 Å². The van der Waals surface area contributed by atoms with E-state index in [4.69, 9.17) is 10.00 Å². The van der Waals surface area contributed by atoms with E-state index in [0.29, 0.717) is 30.2 Å². The topological polar surface area (TPSA) is 62.1 Å². The first-order chi connectivity index (χ1) is 11.1. The first-order valence-corrected chi connectivity index (χ1v) is 7.58. The second-order valence-corrected chi connectivity index (χ2v) is 5.72. The van der Waals surface area contributed by atoms with E-state index in [2.05, 4.69) is 25.2 Å². The van der Waals surface area contributed by atoms with Crippen LogP contribution in [-0.4, -0.2) is 12.5 Å². The van der Waals surface area contributed by atoms with Crippen molar-refractivity contribution in [3.8, 4) is 11.8 Å². The van der Waals surface area contributed by atoms with E-state index in [1.807, 2.05) is 24.3 Å². The second-order valence-electron chi connectivity index (χ2n) is 5.72. The molecule has 0 atom stereocenters. The molecule has 4 nitrogen and oxygen atoms in total. The van der Waals surface area contributed by atoms with E-state index >= 15 is 0 Å². The van der Waals surface area contributed by atoms with Crippen LogP contribution in [-0.2, 0) is 6.42 Å². The van der Waals surface area contributed by atoms with Gasteiger partial charge in [0.2, 0.25) is 0 Å². The first kappa shape index (κ1) is 16.6. The average Bonchev–Trinajstić information content (AvgIpc) is 2.55. The van der Waals surface area contributed by atoms with Crippen LogP contribution < -0.4 is 10.1 Å². The summed E-state index contributed by atoms with van der Waals surface area (Å²) in [5, 5.41) is 11.5. The highest BCUT2D eigenvalue weighted by atomic mass is 16.5. The summed E-state index contributed by atoms with van der Waals surface area (Å²) in [7, 11) is 0. The van der Waals surface area contributed by atoms with Gasteiger partial charge in [-0.25, -0.2) is 0 Å². The van der Waals surface area contributed by atoms with Gasteiger partial charge in [-0.3, -0.25) is 4.79 Å². The summed E-state index contributed by atoms with van der Waals surface area (Å²) in [5.74, 6) is 1.08. The maximum absolute atomic E-state index is 12.2. The molecule has 0 saturated carbocycles. The van der Waals surface area contributed by atoms with Gasteiger partial charge in [0.25, 0.3) is 5.91 Å². The number of hydrogen-bond acceptors (Lipinski definition) is 3. The standard InChI is InChI=1S/C19H20N2O2/c1-14(2)13-23-18-9-7-17(8-10-18)21-19(22)16-5-3-15(4-6-16)11-12-20/h3-10,14H,11,13H2,1-2H3,(H,21,22). The van der Waals surface area contributed by atoms with E-state index in [9.17, 15) is 4.79 Å². The van der Waals surface area contributed by atoms with Crippen LogP contribution in [0, 0.1) is 17.2 Å². The van der Waals surface area contributed by atoms with Crippen molar-refractivity contribution in [2.75, 3.05) is 11.9 Å². The molecule has 0 aliphatic carbocycles. The van der Waals surface area contributed by atoms with Crippen LogP contribution in [0.25, 0.3) is 0 Å². The maximum Gasteiger partial charge on any atom is 0.255 e. The molecule has 0 bridgehead atoms. The number of nitrogens with zero attached hydrogens (tertiary/aromatic N) is 1. The molecular weight excluding hydrogens is 288 g/mol. The van der Waals surface area contributed by atoms with E-state index in [1.54, 1.807) is 24.3 Å². The lowest BCUT2D eigenvalue weighted by Crippen LogP contribution is -2.11. The van der Waals surface area contributed by atoms with Crippen LogP contribution in [0.2, 0.25) is 0 Å². The summed E-state index contributed by atoms with van der Waals surface area (Å²) in [4.78, 5) is 12.2. The molecule has 1 amide bonds. The van der Waals surface area contributed by atoms with Crippen molar-refractivity contribution in [1.29, 1.82) is 5.26 Å². The van der Waals surface area contributed by atoms with Crippen molar-refractivity contribution >= 4 is 11.6 Å². The third-order valence-corrected chi connectivity index (χ3v) is 3.19. The molecule has 4 heteroatoms. The zero-order valence-electron chi connectivity index (χ0n) is 13.4. The Balaban J connectivity index is 1.95. The van der Waals surface area contributed by atoms with Crippen molar-refractivity contribution in [1.82, 2.24) is 0 Å². The van der Waals surface area contributed by atoms with Gasteiger partial charge in [-0.1, -0.05) is 26.0 Å².